The van der Waals surface area contributed by atoms with Crippen molar-refractivity contribution in [3.63, 3.8) is 0 Å². The highest BCUT2D eigenvalue weighted by atomic mass is 16.5. The van der Waals surface area contributed by atoms with E-state index in [9.17, 15) is 9.59 Å². The molecule has 0 aliphatic rings. The number of rotatable bonds is 3. The van der Waals surface area contributed by atoms with E-state index in [4.69, 9.17) is 4.74 Å². The summed E-state index contributed by atoms with van der Waals surface area (Å²) in [6.45, 7) is 3.42. The molecule has 106 valence electrons. The zero-order chi connectivity index (χ0) is 14.9. The minimum Gasteiger partial charge on any atom is -0.465 e. The number of amides is 1. The van der Waals surface area contributed by atoms with E-state index in [0.717, 1.165) is 0 Å². The predicted molar refractivity (Wildman–Crippen MR) is 72.8 cm³/mol. The molecule has 1 amide bonds. The Hall–Kier alpha value is -2.57. The van der Waals surface area contributed by atoms with Crippen LogP contribution in [0.5, 0.6) is 0 Å². The number of esters is 1. The minimum atomic E-state index is -0.465. The van der Waals surface area contributed by atoms with E-state index in [2.05, 4.69) is 15.4 Å². The summed E-state index contributed by atoms with van der Waals surface area (Å²) < 4.78 is 6.29. The molecule has 0 aromatic carbocycles. The summed E-state index contributed by atoms with van der Waals surface area (Å²) in [5, 5.41) is 6.73. The molecule has 7 heteroatoms. The average Bonchev–Trinajstić information content (AvgIpc) is 2.92. The number of hydrogen-bond donors (Lipinski definition) is 2. The van der Waals surface area contributed by atoms with Gasteiger partial charge >= 0.3 is 5.97 Å². The summed E-state index contributed by atoms with van der Waals surface area (Å²) in [6.07, 6.45) is 1.72. The normalized spacial score (nSPS) is 10.4. The fourth-order valence-corrected chi connectivity index (χ4v) is 2.05. The second kappa shape index (κ2) is 5.20. The van der Waals surface area contributed by atoms with Crippen LogP contribution in [0.4, 0.5) is 5.82 Å². The van der Waals surface area contributed by atoms with Gasteiger partial charge in [0.25, 0.3) is 5.91 Å². The van der Waals surface area contributed by atoms with Gasteiger partial charge in [-0.3, -0.25) is 9.48 Å². The van der Waals surface area contributed by atoms with E-state index in [1.807, 2.05) is 0 Å². The Bertz CT molecular complexity index is 669. The molecule has 2 rings (SSSR count). The summed E-state index contributed by atoms with van der Waals surface area (Å²) >= 11 is 0. The highest BCUT2D eigenvalue weighted by molar-refractivity contribution is 6.06. The number of aryl methyl sites for hydroxylation is 2. The van der Waals surface area contributed by atoms with Gasteiger partial charge in [-0.2, -0.15) is 5.10 Å². The van der Waals surface area contributed by atoms with Crippen molar-refractivity contribution in [1.82, 2.24) is 14.8 Å². The first kappa shape index (κ1) is 13.9. The molecule has 0 radical (unpaired) electrons. The number of ether oxygens (including phenoxy) is 1. The Labute approximate surface area is 115 Å². The molecule has 0 unspecified atom stereocenters. The van der Waals surface area contributed by atoms with Crippen molar-refractivity contribution in [2.24, 2.45) is 7.05 Å². The van der Waals surface area contributed by atoms with Gasteiger partial charge in [-0.05, 0) is 19.4 Å². The van der Waals surface area contributed by atoms with Gasteiger partial charge in [-0.25, -0.2) is 4.79 Å². The Morgan fingerprint density at radius 2 is 2.10 bits per heavy atom. The lowest BCUT2D eigenvalue weighted by Crippen LogP contribution is -2.14. The second-order valence-corrected chi connectivity index (χ2v) is 4.45. The fourth-order valence-electron chi connectivity index (χ4n) is 2.05. The van der Waals surface area contributed by atoms with Gasteiger partial charge in [0.1, 0.15) is 5.69 Å². The van der Waals surface area contributed by atoms with Gasteiger partial charge in [-0.15, -0.1) is 0 Å². The zero-order valence-corrected chi connectivity index (χ0v) is 11.8. The number of nitrogens with zero attached hydrogens (tertiary/aromatic N) is 2. The van der Waals surface area contributed by atoms with Crippen molar-refractivity contribution in [3.05, 3.63) is 34.8 Å². The van der Waals surface area contributed by atoms with Crippen molar-refractivity contribution >= 4 is 17.7 Å². The Balaban J connectivity index is 2.29. The van der Waals surface area contributed by atoms with Crippen LogP contribution in [-0.4, -0.2) is 33.8 Å². The van der Waals surface area contributed by atoms with Crippen LogP contribution in [0.15, 0.2) is 12.3 Å². The second-order valence-electron chi connectivity index (χ2n) is 4.45. The van der Waals surface area contributed by atoms with Crippen molar-refractivity contribution in [2.45, 2.75) is 13.8 Å². The molecule has 0 saturated carbocycles. The molecule has 0 atom stereocenters. The molecular weight excluding hydrogens is 260 g/mol. The van der Waals surface area contributed by atoms with Gasteiger partial charge in [-0.1, -0.05) is 0 Å². The minimum absolute atomic E-state index is 0.327. The third-order valence-electron chi connectivity index (χ3n) is 3.01. The molecule has 0 aliphatic heterocycles. The van der Waals surface area contributed by atoms with Gasteiger partial charge in [0.2, 0.25) is 0 Å². The highest BCUT2D eigenvalue weighted by Crippen LogP contribution is 2.19. The molecule has 2 heterocycles. The monoisotopic (exact) mass is 276 g/mol. The largest absolute Gasteiger partial charge is 0.465 e. The van der Waals surface area contributed by atoms with Crippen LogP contribution < -0.4 is 5.32 Å². The molecule has 0 saturated heterocycles. The maximum atomic E-state index is 12.2. The van der Waals surface area contributed by atoms with E-state index >= 15 is 0 Å². The van der Waals surface area contributed by atoms with E-state index in [1.54, 1.807) is 37.8 Å². The van der Waals surface area contributed by atoms with Gasteiger partial charge < -0.3 is 15.0 Å². The molecule has 2 aromatic rings. The standard InChI is InChI=1S/C13H16N4O3/c1-7-10(13(19)20-4)8(2)14-11(7)12(18)15-9-5-6-17(3)16-9/h5-6,14H,1-4H3,(H,15,16,18). The molecular formula is C13H16N4O3. The first-order valence-corrected chi connectivity index (χ1v) is 6.02. The van der Waals surface area contributed by atoms with E-state index in [-0.39, 0.29) is 5.91 Å². The molecule has 0 spiro atoms. The smallest absolute Gasteiger partial charge is 0.339 e. The zero-order valence-electron chi connectivity index (χ0n) is 11.8. The van der Waals surface area contributed by atoms with Crippen molar-refractivity contribution in [3.8, 4) is 0 Å². The van der Waals surface area contributed by atoms with Crippen molar-refractivity contribution in [1.29, 1.82) is 0 Å². The highest BCUT2D eigenvalue weighted by Gasteiger charge is 2.22. The quantitative estimate of drug-likeness (QED) is 0.829. The maximum absolute atomic E-state index is 12.2. The Morgan fingerprint density at radius 1 is 1.40 bits per heavy atom. The van der Waals surface area contributed by atoms with Crippen LogP contribution in [-0.2, 0) is 11.8 Å². The Morgan fingerprint density at radius 3 is 2.65 bits per heavy atom. The fraction of sp³-hybridized carbons (Fsp3) is 0.308. The van der Waals surface area contributed by atoms with Gasteiger partial charge in [0, 0.05) is 25.0 Å². The number of aromatic nitrogens is 3. The molecule has 0 aliphatic carbocycles. The number of carbonyl (C=O) groups is 2. The molecule has 20 heavy (non-hydrogen) atoms. The number of nitrogens with one attached hydrogen (secondary N) is 2. The van der Waals surface area contributed by atoms with Crippen LogP contribution in [0, 0.1) is 13.8 Å². The first-order chi connectivity index (χ1) is 9.43. The first-order valence-electron chi connectivity index (χ1n) is 6.02. The summed E-state index contributed by atoms with van der Waals surface area (Å²) in [4.78, 5) is 26.7. The van der Waals surface area contributed by atoms with E-state index < -0.39 is 5.97 Å². The lowest BCUT2D eigenvalue weighted by atomic mass is 10.1. The van der Waals surface area contributed by atoms with Gasteiger partial charge in [0.05, 0.1) is 12.7 Å². The van der Waals surface area contributed by atoms with Crippen LogP contribution in [0.3, 0.4) is 0 Å². The molecule has 2 aromatic heterocycles. The van der Waals surface area contributed by atoms with Crippen molar-refractivity contribution < 1.29 is 14.3 Å². The van der Waals surface area contributed by atoms with E-state index in [1.165, 1.54) is 7.11 Å². The molecule has 0 bridgehead atoms. The van der Waals surface area contributed by atoms with Crippen molar-refractivity contribution in [2.75, 3.05) is 12.4 Å². The molecule has 2 N–H and O–H groups in total. The topological polar surface area (TPSA) is 89.0 Å². The van der Waals surface area contributed by atoms with Gasteiger partial charge in [0.15, 0.2) is 5.82 Å². The van der Waals surface area contributed by atoms with Crippen LogP contribution >= 0.6 is 0 Å². The average molecular weight is 276 g/mol. The van der Waals surface area contributed by atoms with Crippen LogP contribution in [0.25, 0.3) is 0 Å². The number of H-pyrrole nitrogens is 1. The summed E-state index contributed by atoms with van der Waals surface area (Å²) in [7, 11) is 3.07. The summed E-state index contributed by atoms with van der Waals surface area (Å²) in [6, 6.07) is 1.68. The van der Waals surface area contributed by atoms with E-state index in [0.29, 0.717) is 28.3 Å². The maximum Gasteiger partial charge on any atom is 0.339 e. The lowest BCUT2D eigenvalue weighted by molar-refractivity contribution is 0.0599. The summed E-state index contributed by atoms with van der Waals surface area (Å²) in [5.74, 6) is -0.364. The number of anilines is 1. The number of hydrogen-bond acceptors (Lipinski definition) is 4. The summed E-state index contributed by atoms with van der Waals surface area (Å²) in [5.41, 5.74) is 1.87. The van der Waals surface area contributed by atoms with Crippen LogP contribution in [0.1, 0.15) is 32.1 Å². The number of aromatic amines is 1. The third-order valence-corrected chi connectivity index (χ3v) is 3.01. The Kier molecular flexibility index (Phi) is 3.60. The van der Waals surface area contributed by atoms with Crippen LogP contribution in [0.2, 0.25) is 0 Å². The SMILES string of the molecule is COC(=O)c1c(C)[nH]c(C(=O)Nc2ccn(C)n2)c1C. The number of carbonyl (C=O) groups excluding carboxylic acids is 2. The molecule has 7 nitrogen and oxygen atoms in total. The molecule has 0 fully saturated rings. The predicted octanol–water partition coefficient (Wildman–Crippen LogP) is 1.40. The lowest BCUT2D eigenvalue weighted by Gasteiger charge is -2.02. The third kappa shape index (κ3) is 2.42. The number of methoxy groups -OCH3 is 1.